The molecule has 3 rings (SSSR count). The molecular formula is C12H9F3N4OS. The Morgan fingerprint density at radius 2 is 2.00 bits per heavy atom. The molecule has 3 aromatic rings. The van der Waals surface area contributed by atoms with E-state index >= 15 is 0 Å². The summed E-state index contributed by atoms with van der Waals surface area (Å²) in [6, 6.07) is 7.04. The fourth-order valence-electron chi connectivity index (χ4n) is 1.83. The van der Waals surface area contributed by atoms with Gasteiger partial charge in [-0.05, 0) is 19.1 Å². The number of ether oxygens (including phenoxy) is 1. The van der Waals surface area contributed by atoms with E-state index in [2.05, 4.69) is 15.3 Å². The molecule has 21 heavy (non-hydrogen) atoms. The van der Waals surface area contributed by atoms with Crippen molar-refractivity contribution in [1.82, 2.24) is 19.8 Å². The third-order valence-corrected chi connectivity index (χ3v) is 3.59. The lowest BCUT2D eigenvalue weighted by Crippen LogP contribution is -2.11. The van der Waals surface area contributed by atoms with Crippen molar-refractivity contribution in [2.24, 2.45) is 0 Å². The first-order valence-electron chi connectivity index (χ1n) is 6.02. The van der Waals surface area contributed by atoms with Crippen LogP contribution in [0.25, 0.3) is 15.5 Å². The lowest BCUT2D eigenvalue weighted by molar-refractivity contribution is -0.146. The fourth-order valence-corrected chi connectivity index (χ4v) is 2.70. The zero-order valence-corrected chi connectivity index (χ0v) is 11.6. The Hall–Kier alpha value is -2.16. The Morgan fingerprint density at radius 1 is 1.24 bits per heavy atom. The summed E-state index contributed by atoms with van der Waals surface area (Å²) in [4.78, 5) is 0.0867. The Morgan fingerprint density at radius 3 is 2.71 bits per heavy atom. The molecule has 0 spiro atoms. The second kappa shape index (κ2) is 4.99. The maximum absolute atomic E-state index is 12.8. The molecule has 110 valence electrons. The molecule has 0 amide bonds. The zero-order valence-electron chi connectivity index (χ0n) is 10.8. The molecule has 0 aliphatic carbocycles. The SMILES string of the molecule is CCOc1ccccc1-c1nn2c(C(F)(F)F)nnc2s1. The third kappa shape index (κ3) is 2.44. The molecule has 0 aliphatic heterocycles. The van der Waals surface area contributed by atoms with E-state index in [0.717, 1.165) is 11.3 Å². The van der Waals surface area contributed by atoms with Crippen LogP contribution < -0.4 is 4.74 Å². The molecule has 9 heteroatoms. The van der Waals surface area contributed by atoms with Crippen LogP contribution in [0.5, 0.6) is 5.75 Å². The normalized spacial score (nSPS) is 12.0. The minimum atomic E-state index is -4.59. The Labute approximate surface area is 121 Å². The second-order valence-electron chi connectivity index (χ2n) is 4.05. The van der Waals surface area contributed by atoms with Gasteiger partial charge in [0.1, 0.15) is 5.75 Å². The average molecular weight is 314 g/mol. The minimum Gasteiger partial charge on any atom is -0.493 e. The van der Waals surface area contributed by atoms with Gasteiger partial charge >= 0.3 is 6.18 Å². The molecule has 0 fully saturated rings. The van der Waals surface area contributed by atoms with Gasteiger partial charge in [-0.15, -0.1) is 10.2 Å². The van der Waals surface area contributed by atoms with E-state index in [1.807, 2.05) is 6.92 Å². The van der Waals surface area contributed by atoms with E-state index in [1.165, 1.54) is 0 Å². The number of alkyl halides is 3. The summed E-state index contributed by atoms with van der Waals surface area (Å²) < 4.78 is 44.5. The van der Waals surface area contributed by atoms with Crippen molar-refractivity contribution < 1.29 is 17.9 Å². The number of para-hydroxylation sites is 1. The number of fused-ring (bicyclic) bond motifs is 1. The van der Waals surface area contributed by atoms with Gasteiger partial charge in [-0.2, -0.15) is 22.8 Å². The van der Waals surface area contributed by atoms with Crippen LogP contribution in [0.15, 0.2) is 24.3 Å². The third-order valence-electron chi connectivity index (χ3n) is 2.66. The number of aromatic nitrogens is 4. The molecule has 0 N–H and O–H groups in total. The van der Waals surface area contributed by atoms with Crippen molar-refractivity contribution in [3.8, 4) is 16.3 Å². The second-order valence-corrected chi connectivity index (χ2v) is 5.01. The lowest BCUT2D eigenvalue weighted by atomic mass is 10.2. The molecule has 0 atom stereocenters. The molecule has 2 heterocycles. The quantitative estimate of drug-likeness (QED) is 0.744. The predicted molar refractivity (Wildman–Crippen MR) is 70.3 cm³/mol. The minimum absolute atomic E-state index is 0.0867. The zero-order chi connectivity index (χ0) is 15.0. The molecule has 1 aromatic carbocycles. The van der Waals surface area contributed by atoms with Gasteiger partial charge in [0.15, 0.2) is 5.01 Å². The first-order chi connectivity index (χ1) is 10.0. The van der Waals surface area contributed by atoms with Gasteiger partial charge in [0.05, 0.1) is 12.2 Å². The summed E-state index contributed by atoms with van der Waals surface area (Å²) in [7, 11) is 0. The highest BCUT2D eigenvalue weighted by molar-refractivity contribution is 7.19. The van der Waals surface area contributed by atoms with Crippen LogP contribution in [0.4, 0.5) is 13.2 Å². The number of rotatable bonds is 3. The Kier molecular flexibility index (Phi) is 3.28. The highest BCUT2D eigenvalue weighted by atomic mass is 32.1. The van der Waals surface area contributed by atoms with Crippen molar-refractivity contribution in [2.75, 3.05) is 6.61 Å². The highest BCUT2D eigenvalue weighted by Gasteiger charge is 2.38. The van der Waals surface area contributed by atoms with Crippen LogP contribution in [0.1, 0.15) is 12.7 Å². The van der Waals surface area contributed by atoms with Crippen LogP contribution >= 0.6 is 11.3 Å². The van der Waals surface area contributed by atoms with Crippen LogP contribution in [0.3, 0.4) is 0 Å². The molecule has 2 aromatic heterocycles. The van der Waals surface area contributed by atoms with E-state index in [4.69, 9.17) is 4.74 Å². The summed E-state index contributed by atoms with van der Waals surface area (Å²) in [6.45, 7) is 2.28. The van der Waals surface area contributed by atoms with E-state index in [1.54, 1.807) is 24.3 Å². The summed E-state index contributed by atoms with van der Waals surface area (Å²) in [6.07, 6.45) is -4.59. The molecule has 5 nitrogen and oxygen atoms in total. The Balaban J connectivity index is 2.12. The number of benzene rings is 1. The number of hydrogen-bond acceptors (Lipinski definition) is 5. The molecule has 0 aliphatic rings. The van der Waals surface area contributed by atoms with E-state index in [9.17, 15) is 13.2 Å². The van der Waals surface area contributed by atoms with Crippen molar-refractivity contribution in [1.29, 1.82) is 0 Å². The lowest BCUT2D eigenvalue weighted by Gasteiger charge is -2.06. The molecule has 0 unspecified atom stereocenters. The molecule has 0 bridgehead atoms. The van der Waals surface area contributed by atoms with Gasteiger partial charge in [-0.3, -0.25) is 0 Å². The maximum Gasteiger partial charge on any atom is 0.453 e. The van der Waals surface area contributed by atoms with Crippen LogP contribution in [-0.2, 0) is 6.18 Å². The number of nitrogens with zero attached hydrogens (tertiary/aromatic N) is 4. The van der Waals surface area contributed by atoms with E-state index in [0.29, 0.717) is 27.4 Å². The summed E-state index contributed by atoms with van der Waals surface area (Å²) >= 11 is 1.03. The van der Waals surface area contributed by atoms with Gasteiger partial charge < -0.3 is 4.74 Å². The first kappa shape index (κ1) is 13.8. The van der Waals surface area contributed by atoms with E-state index in [-0.39, 0.29) is 4.96 Å². The van der Waals surface area contributed by atoms with Gasteiger partial charge in [-0.25, -0.2) is 0 Å². The highest BCUT2D eigenvalue weighted by Crippen LogP contribution is 2.35. The average Bonchev–Trinajstić information content (AvgIpc) is 2.98. The predicted octanol–water partition coefficient (Wildman–Crippen LogP) is 3.27. The van der Waals surface area contributed by atoms with Crippen LogP contribution in [0.2, 0.25) is 0 Å². The topological polar surface area (TPSA) is 52.3 Å². The van der Waals surface area contributed by atoms with Gasteiger partial charge in [0.2, 0.25) is 4.96 Å². The summed E-state index contributed by atoms with van der Waals surface area (Å²) in [5.41, 5.74) is 0.628. The fraction of sp³-hybridized carbons (Fsp3) is 0.250. The summed E-state index contributed by atoms with van der Waals surface area (Å²) in [5, 5.41) is 11.0. The van der Waals surface area contributed by atoms with Crippen molar-refractivity contribution >= 4 is 16.3 Å². The van der Waals surface area contributed by atoms with Gasteiger partial charge in [-0.1, -0.05) is 23.5 Å². The smallest absolute Gasteiger partial charge is 0.453 e. The maximum atomic E-state index is 12.8. The first-order valence-corrected chi connectivity index (χ1v) is 6.84. The molecule has 0 saturated heterocycles. The molecule has 0 saturated carbocycles. The Bertz CT molecular complexity index is 780. The molecule has 0 radical (unpaired) electrons. The monoisotopic (exact) mass is 314 g/mol. The molecular weight excluding hydrogens is 305 g/mol. The summed E-state index contributed by atoms with van der Waals surface area (Å²) in [5.74, 6) is -0.563. The standard InChI is InChI=1S/C12H9F3N4OS/c1-2-20-8-6-4-3-5-7(8)9-18-19-10(12(13,14)15)16-17-11(19)21-9/h3-6H,2H2,1H3. The van der Waals surface area contributed by atoms with Crippen molar-refractivity contribution in [3.63, 3.8) is 0 Å². The van der Waals surface area contributed by atoms with Crippen LogP contribution in [-0.4, -0.2) is 26.4 Å². The van der Waals surface area contributed by atoms with Crippen LogP contribution in [0, 0.1) is 0 Å². The number of hydrogen-bond donors (Lipinski definition) is 0. The number of halogens is 3. The van der Waals surface area contributed by atoms with E-state index < -0.39 is 12.0 Å². The van der Waals surface area contributed by atoms with Crippen molar-refractivity contribution in [2.45, 2.75) is 13.1 Å². The largest absolute Gasteiger partial charge is 0.493 e. The van der Waals surface area contributed by atoms with Crippen molar-refractivity contribution in [3.05, 3.63) is 30.1 Å². The van der Waals surface area contributed by atoms with Gasteiger partial charge in [0, 0.05) is 0 Å². The van der Waals surface area contributed by atoms with Gasteiger partial charge in [0.25, 0.3) is 5.82 Å².